The van der Waals surface area contributed by atoms with Crippen LogP contribution in [0, 0.1) is 5.92 Å². The highest BCUT2D eigenvalue weighted by atomic mass is 35.5. The van der Waals surface area contributed by atoms with Crippen LogP contribution in [-0.4, -0.2) is 29.2 Å². The third kappa shape index (κ3) is 5.01. The predicted molar refractivity (Wildman–Crippen MR) is 121 cm³/mol. The van der Waals surface area contributed by atoms with Gasteiger partial charge in [0.05, 0.1) is 10.9 Å². The molecule has 1 aliphatic rings. The summed E-state index contributed by atoms with van der Waals surface area (Å²) >= 11 is 6.04. The number of nitrogens with one attached hydrogen (secondary N) is 1. The number of fused-ring (bicyclic) bond motifs is 1. The predicted octanol–water partition coefficient (Wildman–Crippen LogP) is 3.86. The Hall–Kier alpha value is -2.28. The van der Waals surface area contributed by atoms with Gasteiger partial charge >= 0.3 is 0 Å². The molecule has 154 valence electrons. The first-order chi connectivity index (χ1) is 13.6. The van der Waals surface area contributed by atoms with Crippen molar-refractivity contribution in [2.24, 2.45) is 5.92 Å². The Bertz CT molecular complexity index is 961. The van der Waals surface area contributed by atoms with Crippen molar-refractivity contribution in [2.75, 3.05) is 24.6 Å². The molecule has 6 nitrogen and oxygen atoms in total. The van der Waals surface area contributed by atoms with Crippen molar-refractivity contribution < 1.29 is 4.74 Å². The number of benzene rings is 2. The molecule has 0 aliphatic carbocycles. The molecule has 5 N–H and O–H groups in total. The maximum atomic E-state index is 6.56. The number of hydrogen-bond acceptors (Lipinski definition) is 6. The fourth-order valence-electron chi connectivity index (χ4n) is 3.83. The molecule has 1 saturated heterocycles. The van der Waals surface area contributed by atoms with E-state index in [2.05, 4.69) is 27.4 Å². The van der Waals surface area contributed by atoms with Gasteiger partial charge in [-0.15, -0.1) is 12.4 Å². The molecule has 0 radical (unpaired) electrons. The number of anilines is 2. The van der Waals surface area contributed by atoms with Gasteiger partial charge in [-0.05, 0) is 61.7 Å². The highest BCUT2D eigenvalue weighted by Crippen LogP contribution is 2.33. The van der Waals surface area contributed by atoms with Crippen molar-refractivity contribution in [1.29, 1.82) is 0 Å². The average Bonchev–Trinajstić information content (AvgIpc) is 2.69. The third-order valence-electron chi connectivity index (χ3n) is 5.27. The van der Waals surface area contributed by atoms with Gasteiger partial charge in [-0.3, -0.25) is 0 Å². The van der Waals surface area contributed by atoms with E-state index in [0.29, 0.717) is 28.4 Å². The third-order valence-corrected chi connectivity index (χ3v) is 5.52. The van der Waals surface area contributed by atoms with Crippen LogP contribution in [0.4, 0.5) is 11.8 Å². The molecule has 1 aromatic heterocycles. The van der Waals surface area contributed by atoms with Gasteiger partial charge in [0, 0.05) is 11.4 Å². The summed E-state index contributed by atoms with van der Waals surface area (Å²) in [4.78, 5) is 8.41. The Kier molecular flexibility index (Phi) is 7.00. The fourth-order valence-corrected chi connectivity index (χ4v) is 3.96. The fraction of sp³-hybridized carbons (Fsp3) is 0.333. The first-order valence-electron chi connectivity index (χ1n) is 9.53. The number of hydrogen-bond donors (Lipinski definition) is 3. The van der Waals surface area contributed by atoms with E-state index in [1.54, 1.807) is 0 Å². The van der Waals surface area contributed by atoms with Crippen molar-refractivity contribution >= 4 is 46.7 Å². The molecule has 2 aromatic carbocycles. The van der Waals surface area contributed by atoms with Crippen molar-refractivity contribution in [2.45, 2.75) is 25.4 Å². The minimum atomic E-state index is 0. The summed E-state index contributed by atoms with van der Waals surface area (Å²) in [5, 5.41) is 4.87. The Morgan fingerprint density at radius 2 is 1.79 bits per heavy atom. The Labute approximate surface area is 181 Å². The van der Waals surface area contributed by atoms with Crippen LogP contribution in [0.3, 0.4) is 0 Å². The quantitative estimate of drug-likeness (QED) is 0.564. The molecule has 0 bridgehead atoms. The van der Waals surface area contributed by atoms with Crippen LogP contribution in [0.15, 0.2) is 42.5 Å². The molecular formula is C21H25Cl2N5O. The molecule has 1 fully saturated rings. The standard InChI is InChI=1S/C21H24ClN5O.ClH/c22-15-6-4-13(5-7-15)12-18(14-8-10-25-11-9-14)28-17-3-1-2-16-19(17)20(23)27-21(24)26-16;/h1-7,14,18,25H,8-12H2,(H4,23,24,26,27);1H. The molecule has 1 unspecified atom stereocenters. The van der Waals surface area contributed by atoms with E-state index < -0.39 is 0 Å². The maximum Gasteiger partial charge on any atom is 0.222 e. The lowest BCUT2D eigenvalue weighted by molar-refractivity contribution is 0.113. The first kappa shape index (κ1) is 21.4. The minimum absolute atomic E-state index is 0. The molecule has 2 heterocycles. The van der Waals surface area contributed by atoms with Crippen LogP contribution in [0.5, 0.6) is 5.75 Å². The van der Waals surface area contributed by atoms with E-state index >= 15 is 0 Å². The van der Waals surface area contributed by atoms with Crippen LogP contribution in [0.1, 0.15) is 18.4 Å². The zero-order chi connectivity index (χ0) is 19.5. The van der Waals surface area contributed by atoms with Crippen LogP contribution >= 0.6 is 24.0 Å². The van der Waals surface area contributed by atoms with Crippen LogP contribution in [0.25, 0.3) is 10.9 Å². The summed E-state index contributed by atoms with van der Waals surface area (Å²) in [5.74, 6) is 1.66. The van der Waals surface area contributed by atoms with Gasteiger partial charge in [-0.2, -0.15) is 4.98 Å². The van der Waals surface area contributed by atoms with Gasteiger partial charge < -0.3 is 21.5 Å². The molecule has 1 atom stereocenters. The monoisotopic (exact) mass is 433 g/mol. The highest BCUT2D eigenvalue weighted by Gasteiger charge is 2.26. The maximum absolute atomic E-state index is 6.56. The molecule has 1 aliphatic heterocycles. The number of nitrogens with zero attached hydrogens (tertiary/aromatic N) is 2. The normalized spacial score (nSPS) is 15.6. The molecule has 4 rings (SSSR count). The van der Waals surface area contributed by atoms with E-state index in [1.807, 2.05) is 30.3 Å². The molecular weight excluding hydrogens is 409 g/mol. The Balaban J connectivity index is 0.00000240. The molecule has 0 saturated carbocycles. The van der Waals surface area contributed by atoms with Crippen LogP contribution in [-0.2, 0) is 6.42 Å². The second-order valence-corrected chi connectivity index (χ2v) is 7.63. The van der Waals surface area contributed by atoms with E-state index in [4.69, 9.17) is 27.8 Å². The topological polar surface area (TPSA) is 99.1 Å². The summed E-state index contributed by atoms with van der Waals surface area (Å²) in [6.45, 7) is 2.00. The molecule has 29 heavy (non-hydrogen) atoms. The number of aromatic nitrogens is 2. The summed E-state index contributed by atoms with van der Waals surface area (Å²) in [6.07, 6.45) is 2.96. The number of nitrogens with two attached hydrogens (primary N) is 2. The van der Waals surface area contributed by atoms with Gasteiger partial charge in [0.15, 0.2) is 0 Å². The highest BCUT2D eigenvalue weighted by molar-refractivity contribution is 6.30. The van der Waals surface area contributed by atoms with Gasteiger partial charge in [0.1, 0.15) is 17.7 Å². The lowest BCUT2D eigenvalue weighted by atomic mass is 9.88. The van der Waals surface area contributed by atoms with Gasteiger partial charge in [0.25, 0.3) is 0 Å². The number of piperidine rings is 1. The second kappa shape index (κ2) is 9.48. The molecule has 3 aromatic rings. The molecule has 0 amide bonds. The summed E-state index contributed by atoms with van der Waals surface area (Å²) in [7, 11) is 0. The van der Waals surface area contributed by atoms with Crippen molar-refractivity contribution in [3.05, 3.63) is 53.1 Å². The van der Waals surface area contributed by atoms with Gasteiger partial charge in [-0.25, -0.2) is 4.98 Å². The summed E-state index contributed by atoms with van der Waals surface area (Å²) in [5.41, 5.74) is 13.8. The van der Waals surface area contributed by atoms with E-state index in [0.717, 1.165) is 37.4 Å². The van der Waals surface area contributed by atoms with E-state index in [9.17, 15) is 0 Å². The largest absolute Gasteiger partial charge is 0.489 e. The van der Waals surface area contributed by atoms with Crippen molar-refractivity contribution in [3.8, 4) is 5.75 Å². The van der Waals surface area contributed by atoms with Crippen molar-refractivity contribution in [3.63, 3.8) is 0 Å². The first-order valence-corrected chi connectivity index (χ1v) is 9.91. The Morgan fingerprint density at radius 1 is 1.07 bits per heavy atom. The summed E-state index contributed by atoms with van der Waals surface area (Å²) in [6, 6.07) is 13.7. The second-order valence-electron chi connectivity index (χ2n) is 7.19. The number of rotatable bonds is 5. The minimum Gasteiger partial charge on any atom is -0.489 e. The van der Waals surface area contributed by atoms with E-state index in [-0.39, 0.29) is 24.5 Å². The zero-order valence-electron chi connectivity index (χ0n) is 16.0. The van der Waals surface area contributed by atoms with Gasteiger partial charge in [0.2, 0.25) is 5.95 Å². The number of halogens is 2. The van der Waals surface area contributed by atoms with E-state index in [1.165, 1.54) is 5.56 Å². The molecule has 0 spiro atoms. The lowest BCUT2D eigenvalue weighted by Gasteiger charge is -2.31. The van der Waals surface area contributed by atoms with Crippen LogP contribution in [0.2, 0.25) is 5.02 Å². The summed E-state index contributed by atoms with van der Waals surface area (Å²) < 4.78 is 6.56. The Morgan fingerprint density at radius 3 is 2.52 bits per heavy atom. The molecule has 8 heteroatoms. The smallest absolute Gasteiger partial charge is 0.222 e. The van der Waals surface area contributed by atoms with Crippen LogP contribution < -0.4 is 21.5 Å². The lowest BCUT2D eigenvalue weighted by Crippen LogP contribution is -2.38. The number of nitrogen functional groups attached to an aromatic ring is 2. The van der Waals surface area contributed by atoms with Gasteiger partial charge in [-0.1, -0.05) is 29.8 Å². The zero-order valence-corrected chi connectivity index (χ0v) is 17.5. The average molecular weight is 434 g/mol. The SMILES string of the molecule is Cl.Nc1nc(N)c2c(OC(Cc3ccc(Cl)cc3)C3CCNCC3)cccc2n1. The van der Waals surface area contributed by atoms with Crippen molar-refractivity contribution in [1.82, 2.24) is 15.3 Å². The number of ether oxygens (including phenoxy) is 1.